The number of morpholine rings is 1. The molecule has 0 amide bonds. The van der Waals surface area contributed by atoms with E-state index in [1.807, 2.05) is 18.2 Å². The molecular weight excluding hydrogens is 476 g/mol. The molecule has 9 nitrogen and oxygen atoms in total. The Hall–Kier alpha value is -4.08. The van der Waals surface area contributed by atoms with Crippen LogP contribution < -0.4 is 15.5 Å². The van der Waals surface area contributed by atoms with Crippen molar-refractivity contribution in [1.82, 2.24) is 25.1 Å². The predicted octanol–water partition coefficient (Wildman–Crippen LogP) is 4.80. The number of anilines is 3. The van der Waals surface area contributed by atoms with E-state index in [2.05, 4.69) is 99.1 Å². The van der Waals surface area contributed by atoms with Gasteiger partial charge in [0.1, 0.15) is 12.0 Å². The van der Waals surface area contributed by atoms with Gasteiger partial charge in [0, 0.05) is 35.8 Å². The Morgan fingerprint density at radius 2 is 1.79 bits per heavy atom. The van der Waals surface area contributed by atoms with Gasteiger partial charge in [0.2, 0.25) is 0 Å². The van der Waals surface area contributed by atoms with Crippen LogP contribution in [0.25, 0.3) is 33.3 Å². The van der Waals surface area contributed by atoms with Crippen molar-refractivity contribution in [2.24, 2.45) is 0 Å². The zero-order valence-electron chi connectivity index (χ0n) is 21.8. The fourth-order valence-corrected chi connectivity index (χ4v) is 5.63. The summed E-state index contributed by atoms with van der Waals surface area (Å²) in [6.45, 7) is 4.74. The van der Waals surface area contributed by atoms with Gasteiger partial charge >= 0.3 is 0 Å². The first-order chi connectivity index (χ1) is 18.5. The van der Waals surface area contributed by atoms with E-state index < -0.39 is 0 Å². The van der Waals surface area contributed by atoms with Gasteiger partial charge in [-0.2, -0.15) is 5.10 Å². The van der Waals surface area contributed by atoms with E-state index >= 15 is 0 Å². The molecule has 0 bridgehead atoms. The summed E-state index contributed by atoms with van der Waals surface area (Å²) >= 11 is 0. The number of nitrogens with zero attached hydrogens (tertiary/aromatic N) is 4. The molecular formula is C29H32N8O. The minimum absolute atomic E-state index is 0.0716. The SMILES string of the molecule is CC1COC(CN(C)C)CN1c1ccc2nc(-c3ccc4n[nH]c(C5Nc6ccccc6N5)c4c3)[nH]c2c1. The summed E-state index contributed by atoms with van der Waals surface area (Å²) in [5.74, 6) is 0.849. The highest BCUT2D eigenvalue weighted by Crippen LogP contribution is 2.37. The van der Waals surface area contributed by atoms with E-state index in [1.165, 1.54) is 5.69 Å². The molecule has 2 aliphatic rings. The molecule has 4 N–H and O–H groups in total. The lowest BCUT2D eigenvalue weighted by Gasteiger charge is -2.40. The van der Waals surface area contributed by atoms with Crippen molar-refractivity contribution in [2.45, 2.75) is 25.2 Å². The molecule has 0 radical (unpaired) electrons. The van der Waals surface area contributed by atoms with Crippen LogP contribution in [0.1, 0.15) is 18.8 Å². The number of fused-ring (bicyclic) bond motifs is 3. The average Bonchev–Trinajstić information content (AvgIpc) is 3.64. The minimum Gasteiger partial charge on any atom is -0.373 e. The number of aromatic amines is 2. The molecule has 0 saturated carbocycles. The van der Waals surface area contributed by atoms with Gasteiger partial charge in [0.15, 0.2) is 0 Å². The molecule has 1 saturated heterocycles. The summed E-state index contributed by atoms with van der Waals surface area (Å²) in [5, 5.41) is 15.9. The Labute approximate surface area is 221 Å². The Morgan fingerprint density at radius 1 is 1.00 bits per heavy atom. The fourth-order valence-electron chi connectivity index (χ4n) is 5.63. The summed E-state index contributed by atoms with van der Waals surface area (Å²) in [7, 11) is 4.18. The third kappa shape index (κ3) is 4.04. The van der Waals surface area contributed by atoms with Crippen LogP contribution >= 0.6 is 0 Å². The van der Waals surface area contributed by atoms with Gasteiger partial charge in [-0.25, -0.2) is 4.98 Å². The molecule has 1 fully saturated rings. The van der Waals surface area contributed by atoms with E-state index in [0.29, 0.717) is 6.04 Å². The number of hydrogen-bond acceptors (Lipinski definition) is 7. The van der Waals surface area contributed by atoms with Crippen molar-refractivity contribution in [2.75, 3.05) is 49.3 Å². The van der Waals surface area contributed by atoms with Crippen LogP contribution in [-0.2, 0) is 4.74 Å². The number of ether oxygens (including phenoxy) is 1. The third-order valence-electron chi connectivity index (χ3n) is 7.54. The van der Waals surface area contributed by atoms with Gasteiger partial charge in [0.25, 0.3) is 0 Å². The van der Waals surface area contributed by atoms with Crippen LogP contribution in [0.5, 0.6) is 0 Å². The number of para-hydroxylation sites is 2. The lowest BCUT2D eigenvalue weighted by molar-refractivity contribution is 0.00880. The smallest absolute Gasteiger partial charge is 0.141 e. The van der Waals surface area contributed by atoms with E-state index in [1.54, 1.807) is 0 Å². The average molecular weight is 509 g/mol. The zero-order valence-corrected chi connectivity index (χ0v) is 21.8. The fraction of sp³-hybridized carbons (Fsp3) is 0.310. The van der Waals surface area contributed by atoms with Crippen LogP contribution in [0.15, 0.2) is 60.7 Å². The molecule has 9 heteroatoms. The van der Waals surface area contributed by atoms with E-state index in [-0.39, 0.29) is 12.3 Å². The Balaban J connectivity index is 1.18. The first kappa shape index (κ1) is 23.1. The van der Waals surface area contributed by atoms with Gasteiger partial charge in [-0.1, -0.05) is 12.1 Å². The highest BCUT2D eigenvalue weighted by Gasteiger charge is 2.27. The molecule has 2 unspecified atom stereocenters. The quantitative estimate of drug-likeness (QED) is 0.271. The second-order valence-corrected chi connectivity index (χ2v) is 10.6. The molecule has 5 aromatic rings. The molecule has 4 heterocycles. The molecule has 2 aliphatic heterocycles. The Bertz CT molecular complexity index is 1600. The first-order valence-electron chi connectivity index (χ1n) is 13.1. The lowest BCUT2D eigenvalue weighted by Crippen LogP contribution is -2.51. The number of likely N-dealkylation sites (N-methyl/N-ethyl adjacent to an activating group) is 1. The maximum Gasteiger partial charge on any atom is 0.141 e. The molecule has 7 rings (SSSR count). The second-order valence-electron chi connectivity index (χ2n) is 10.6. The first-order valence-corrected chi connectivity index (χ1v) is 13.1. The monoisotopic (exact) mass is 508 g/mol. The molecule has 2 atom stereocenters. The summed E-state index contributed by atoms with van der Waals surface area (Å²) in [6, 6.07) is 21.3. The number of rotatable bonds is 5. The molecule has 0 spiro atoms. The number of H-pyrrole nitrogens is 2. The van der Waals surface area contributed by atoms with E-state index in [4.69, 9.17) is 9.72 Å². The van der Waals surface area contributed by atoms with Gasteiger partial charge in [-0.05, 0) is 69.6 Å². The van der Waals surface area contributed by atoms with Crippen molar-refractivity contribution < 1.29 is 4.74 Å². The highest BCUT2D eigenvalue weighted by molar-refractivity contribution is 5.89. The largest absolute Gasteiger partial charge is 0.373 e. The summed E-state index contributed by atoms with van der Waals surface area (Å²) < 4.78 is 6.08. The number of benzene rings is 3. The normalized spacial score (nSPS) is 19.7. The zero-order chi connectivity index (χ0) is 25.8. The number of hydrogen-bond donors (Lipinski definition) is 4. The maximum atomic E-state index is 6.08. The lowest BCUT2D eigenvalue weighted by atomic mass is 10.1. The standard InChI is InChI=1S/C29H32N8O/c1-17-16-38-20(14-36(2)3)15-37(17)19-9-11-25-26(13-19)33-28(30-25)18-8-10-22-21(12-18)27(35-34-22)29-31-23-6-4-5-7-24(23)32-29/h4-13,17,20,29,31-32H,14-16H2,1-3H3,(H,30,33)(H,34,35). The summed E-state index contributed by atoms with van der Waals surface area (Å²) in [5.41, 5.74) is 8.32. The number of aromatic nitrogens is 4. The predicted molar refractivity (Wildman–Crippen MR) is 153 cm³/mol. The highest BCUT2D eigenvalue weighted by atomic mass is 16.5. The second kappa shape index (κ2) is 9.04. The van der Waals surface area contributed by atoms with Gasteiger partial charge < -0.3 is 30.2 Å². The Morgan fingerprint density at radius 3 is 2.58 bits per heavy atom. The van der Waals surface area contributed by atoms with Crippen LogP contribution in [0.4, 0.5) is 17.1 Å². The van der Waals surface area contributed by atoms with Crippen molar-refractivity contribution >= 4 is 39.0 Å². The topological polar surface area (TPSA) is 97.1 Å². The van der Waals surface area contributed by atoms with Gasteiger partial charge in [0.05, 0.1) is 46.3 Å². The van der Waals surface area contributed by atoms with Crippen molar-refractivity contribution in [3.05, 3.63) is 66.4 Å². The van der Waals surface area contributed by atoms with Gasteiger partial charge in [-0.15, -0.1) is 0 Å². The number of nitrogens with one attached hydrogen (secondary N) is 4. The van der Waals surface area contributed by atoms with E-state index in [9.17, 15) is 0 Å². The van der Waals surface area contributed by atoms with Crippen LogP contribution in [-0.4, -0.2) is 71.0 Å². The molecule has 0 aliphatic carbocycles. The molecule has 2 aromatic heterocycles. The maximum absolute atomic E-state index is 6.08. The molecule has 194 valence electrons. The van der Waals surface area contributed by atoms with Crippen molar-refractivity contribution in [3.63, 3.8) is 0 Å². The summed E-state index contributed by atoms with van der Waals surface area (Å²) in [4.78, 5) is 13.1. The van der Waals surface area contributed by atoms with Crippen molar-refractivity contribution in [1.29, 1.82) is 0 Å². The summed E-state index contributed by atoms with van der Waals surface area (Å²) in [6.07, 6.45) is 0.125. The van der Waals surface area contributed by atoms with E-state index in [0.717, 1.165) is 70.1 Å². The van der Waals surface area contributed by atoms with Crippen LogP contribution in [0.2, 0.25) is 0 Å². The van der Waals surface area contributed by atoms with Crippen LogP contribution in [0.3, 0.4) is 0 Å². The molecule has 3 aromatic carbocycles. The minimum atomic E-state index is -0.0716. The van der Waals surface area contributed by atoms with Gasteiger partial charge in [-0.3, -0.25) is 5.10 Å². The Kier molecular flexibility index (Phi) is 5.49. The van der Waals surface area contributed by atoms with Crippen LogP contribution in [0, 0.1) is 0 Å². The van der Waals surface area contributed by atoms with Crippen molar-refractivity contribution in [3.8, 4) is 11.4 Å². The third-order valence-corrected chi connectivity index (χ3v) is 7.54. The molecule has 38 heavy (non-hydrogen) atoms. The number of imidazole rings is 1.